The maximum absolute atomic E-state index is 13.5. The Morgan fingerprint density at radius 3 is 2.42 bits per heavy atom. The second kappa shape index (κ2) is 16.5. The van der Waals surface area contributed by atoms with Gasteiger partial charge in [-0.2, -0.15) is 0 Å². The van der Waals surface area contributed by atoms with Gasteiger partial charge >= 0.3 is 0 Å². The van der Waals surface area contributed by atoms with Crippen LogP contribution in [-0.2, 0) is 32.5 Å². The van der Waals surface area contributed by atoms with Crippen molar-refractivity contribution in [3.05, 3.63) is 58.1 Å². The zero-order chi connectivity index (χ0) is 35.4. The molecule has 276 valence electrons. The topological polar surface area (TPSA) is 97.4 Å². The smallest absolute Gasteiger partial charge is 0.264 e. The first-order chi connectivity index (χ1) is 24.1. The molecule has 11 heteroatoms. The summed E-state index contributed by atoms with van der Waals surface area (Å²) in [5.41, 5.74) is 3.43. The second-order valence-electron chi connectivity index (χ2n) is 15.0. The summed E-state index contributed by atoms with van der Waals surface area (Å²) >= 11 is 6.39. The molecule has 9 nitrogen and oxygen atoms in total. The summed E-state index contributed by atoms with van der Waals surface area (Å²) in [7, 11) is -3.91. The second-order valence-corrected chi connectivity index (χ2v) is 17.4. The van der Waals surface area contributed by atoms with Crippen molar-refractivity contribution in [2.75, 3.05) is 44.3 Å². The summed E-state index contributed by atoms with van der Waals surface area (Å²) in [5, 5.41) is -0.000902. The van der Waals surface area contributed by atoms with Gasteiger partial charge in [0.1, 0.15) is 12.4 Å². The summed E-state index contributed by atoms with van der Waals surface area (Å²) in [5.74, 6) is 1.04. The molecule has 0 spiro atoms. The maximum Gasteiger partial charge on any atom is 0.264 e. The summed E-state index contributed by atoms with van der Waals surface area (Å²) in [6.07, 6.45) is 7.36. The van der Waals surface area contributed by atoms with Crippen molar-refractivity contribution >= 4 is 33.2 Å². The fourth-order valence-electron chi connectivity index (χ4n) is 8.50. The monoisotopic (exact) mass is 729 g/mol. The fraction of sp³-hybridized carbons (Fsp3) is 0.667. The van der Waals surface area contributed by atoms with Crippen LogP contribution in [0.1, 0.15) is 94.1 Å². The number of fused-ring (bicyclic) bond motifs is 3. The van der Waals surface area contributed by atoms with Crippen LogP contribution in [0.25, 0.3) is 0 Å². The molecule has 0 aromatic heterocycles. The molecule has 4 aliphatic rings. The number of carbonyl (C=O) groups is 1. The Hall–Kier alpha value is -2.37. The molecule has 6 rings (SSSR count). The van der Waals surface area contributed by atoms with Crippen molar-refractivity contribution in [3.63, 3.8) is 0 Å². The van der Waals surface area contributed by atoms with Crippen molar-refractivity contribution in [2.24, 2.45) is 23.7 Å². The molecule has 1 saturated heterocycles. The highest BCUT2D eigenvalue weighted by Crippen LogP contribution is 2.46. The fourth-order valence-corrected chi connectivity index (χ4v) is 10.0. The van der Waals surface area contributed by atoms with Crippen molar-refractivity contribution < 1.29 is 27.4 Å². The minimum absolute atomic E-state index is 0.125. The molecule has 3 heterocycles. The summed E-state index contributed by atoms with van der Waals surface area (Å²) in [6, 6.07) is 11.6. The molecule has 5 atom stereocenters. The Labute approximate surface area is 304 Å². The van der Waals surface area contributed by atoms with Crippen LogP contribution in [0.15, 0.2) is 36.4 Å². The average Bonchev–Trinajstić information content (AvgIpc) is 3.12. The van der Waals surface area contributed by atoms with E-state index in [9.17, 15) is 13.2 Å². The van der Waals surface area contributed by atoms with E-state index in [2.05, 4.69) is 28.4 Å². The summed E-state index contributed by atoms with van der Waals surface area (Å²) in [6.45, 7) is 13.3. The number of carbonyl (C=O) groups excluding carboxylic acids is 1. The Morgan fingerprint density at radius 2 is 1.70 bits per heavy atom. The Bertz CT molecular complexity index is 1580. The molecule has 50 heavy (non-hydrogen) atoms. The Balaban J connectivity index is 1.33. The van der Waals surface area contributed by atoms with E-state index in [0.29, 0.717) is 43.0 Å². The minimum Gasteiger partial charge on any atom is -0.487 e. The van der Waals surface area contributed by atoms with E-state index in [0.717, 1.165) is 93.8 Å². The van der Waals surface area contributed by atoms with Crippen LogP contribution in [0.2, 0.25) is 5.02 Å². The molecular weight excluding hydrogens is 674 g/mol. The number of amides is 1. The number of nitrogens with zero attached hydrogens (tertiary/aromatic N) is 2. The van der Waals surface area contributed by atoms with Crippen LogP contribution in [0.4, 0.5) is 5.69 Å². The number of sulfonamides is 1. The van der Waals surface area contributed by atoms with Crippen molar-refractivity contribution in [1.82, 2.24) is 9.62 Å². The highest BCUT2D eigenvalue weighted by Gasteiger charge is 2.44. The first-order valence-electron chi connectivity index (χ1n) is 18.9. The van der Waals surface area contributed by atoms with Gasteiger partial charge in [-0.3, -0.25) is 9.69 Å². The van der Waals surface area contributed by atoms with Crippen LogP contribution in [0, 0.1) is 23.7 Å². The van der Waals surface area contributed by atoms with Gasteiger partial charge in [0.15, 0.2) is 6.29 Å². The number of ether oxygens (including phenoxy) is 3. The van der Waals surface area contributed by atoms with Gasteiger partial charge in [-0.15, -0.1) is 0 Å². The molecular formula is C39H56ClN3O6S. The standard InChI is InChI=1S/C39H56ClN3O6S/c1-5-42(6-2)33-24-48-39(49-25-33)35-12-9-10-26(3)27(4)50(45,46)41-38(44)29-15-18-37-36(21-29)43(22-30-14-17-34(30)35)19-8-7-11-28-20-32(40)16-13-31(28)23-47-37/h13,15-16,18,20-21,26-27,30,33-35,39H,5-12,14,17,19,22-25H2,1-4H3,(H,41,44)/t26-,27+,30-,33-,34+,35-,39+/m0/s1. The molecule has 1 amide bonds. The van der Waals surface area contributed by atoms with Crippen molar-refractivity contribution in [2.45, 2.75) is 103 Å². The quantitative estimate of drug-likeness (QED) is 0.358. The molecule has 1 N–H and O–H groups in total. The lowest BCUT2D eigenvalue weighted by Gasteiger charge is -2.48. The number of likely N-dealkylation sites (N-methyl/N-ethyl adjacent to an activating group) is 1. The van der Waals surface area contributed by atoms with E-state index in [4.69, 9.17) is 25.8 Å². The maximum atomic E-state index is 13.5. The number of halogens is 1. The lowest BCUT2D eigenvalue weighted by molar-refractivity contribution is -0.243. The SMILES string of the molecule is CCN(CC)[C@H]1CO[C@@H]([C@H]2CCC[C@H](C)[C@@H](C)S(=O)(=O)NC(=O)c3ccc4c(c3)N(CCCCc3cc(Cl)ccc3CO4)C[C@@H]3CC[C@H]32)OC1. The Morgan fingerprint density at radius 1 is 0.920 bits per heavy atom. The zero-order valence-electron chi connectivity index (χ0n) is 30.2. The normalized spacial score (nSPS) is 30.9. The minimum atomic E-state index is -3.91. The van der Waals surface area contributed by atoms with Gasteiger partial charge in [0.25, 0.3) is 5.91 Å². The molecule has 1 aliphatic carbocycles. The third-order valence-corrected chi connectivity index (χ3v) is 14.2. The van der Waals surface area contributed by atoms with Gasteiger partial charge in [0.2, 0.25) is 10.0 Å². The van der Waals surface area contributed by atoms with Gasteiger partial charge in [-0.1, -0.05) is 44.9 Å². The number of aryl methyl sites for hydroxylation is 1. The van der Waals surface area contributed by atoms with E-state index in [-0.39, 0.29) is 24.2 Å². The lowest BCUT2D eigenvalue weighted by Crippen LogP contribution is -2.52. The zero-order valence-corrected chi connectivity index (χ0v) is 31.8. The highest BCUT2D eigenvalue weighted by atomic mass is 35.5. The van der Waals surface area contributed by atoms with Gasteiger partial charge < -0.3 is 19.1 Å². The van der Waals surface area contributed by atoms with E-state index < -0.39 is 21.2 Å². The first kappa shape index (κ1) is 37.4. The predicted molar refractivity (Wildman–Crippen MR) is 198 cm³/mol. The molecule has 1 saturated carbocycles. The average molecular weight is 730 g/mol. The number of rotatable bonds is 4. The molecule has 0 radical (unpaired) electrons. The molecule has 2 fully saturated rings. The van der Waals surface area contributed by atoms with Gasteiger partial charge in [-0.05, 0) is 124 Å². The molecule has 3 aliphatic heterocycles. The van der Waals surface area contributed by atoms with Crippen molar-refractivity contribution in [1.29, 1.82) is 0 Å². The molecule has 2 aromatic carbocycles. The van der Waals surface area contributed by atoms with E-state index in [1.165, 1.54) is 5.56 Å². The number of anilines is 1. The largest absolute Gasteiger partial charge is 0.487 e. The molecule has 0 unspecified atom stereocenters. The number of hydrogen-bond donors (Lipinski definition) is 1. The molecule has 2 aromatic rings. The summed E-state index contributed by atoms with van der Waals surface area (Å²) < 4.78 is 49.0. The highest BCUT2D eigenvalue weighted by molar-refractivity contribution is 7.90. The Kier molecular flexibility index (Phi) is 12.4. The number of benzene rings is 2. The van der Waals surface area contributed by atoms with E-state index >= 15 is 0 Å². The van der Waals surface area contributed by atoms with Crippen molar-refractivity contribution in [3.8, 4) is 5.75 Å². The number of hydrogen-bond acceptors (Lipinski definition) is 8. The lowest BCUT2D eigenvalue weighted by atomic mass is 9.65. The predicted octanol–water partition coefficient (Wildman–Crippen LogP) is 7.06. The molecule has 2 bridgehead atoms. The first-order valence-corrected chi connectivity index (χ1v) is 20.8. The third kappa shape index (κ3) is 8.46. The third-order valence-electron chi connectivity index (χ3n) is 12.0. The van der Waals surface area contributed by atoms with Crippen LogP contribution in [0.3, 0.4) is 0 Å². The van der Waals surface area contributed by atoms with Crippen LogP contribution in [0.5, 0.6) is 5.75 Å². The summed E-state index contributed by atoms with van der Waals surface area (Å²) in [4.78, 5) is 18.3. The van der Waals surface area contributed by atoms with Gasteiger partial charge in [0.05, 0.1) is 30.2 Å². The van der Waals surface area contributed by atoms with E-state index in [1.807, 2.05) is 37.3 Å². The van der Waals surface area contributed by atoms with E-state index in [1.54, 1.807) is 13.0 Å². The van der Waals surface area contributed by atoms with Crippen LogP contribution < -0.4 is 14.4 Å². The van der Waals surface area contributed by atoms with Crippen LogP contribution >= 0.6 is 11.6 Å². The van der Waals surface area contributed by atoms with Gasteiger partial charge in [0, 0.05) is 29.6 Å². The van der Waals surface area contributed by atoms with Crippen LogP contribution in [-0.4, -0.2) is 76.2 Å². The number of nitrogens with one attached hydrogen (secondary N) is 1. The van der Waals surface area contributed by atoms with Gasteiger partial charge in [-0.25, -0.2) is 13.1 Å².